The third kappa shape index (κ3) is 5.79. The number of allylic oxidation sites excluding steroid dienone is 12. The molecule has 0 spiro atoms. The van der Waals surface area contributed by atoms with Crippen molar-refractivity contribution >= 4 is 44.1 Å². The van der Waals surface area contributed by atoms with Gasteiger partial charge in [-0.3, -0.25) is 9.98 Å². The number of rotatable bonds is 2. The van der Waals surface area contributed by atoms with Crippen LogP contribution in [-0.4, -0.2) is 11.4 Å². The van der Waals surface area contributed by atoms with Gasteiger partial charge in [-0.05, 0) is 107 Å². The molecule has 0 radical (unpaired) electrons. The summed E-state index contributed by atoms with van der Waals surface area (Å²) in [6.07, 6.45) is 8.91. The van der Waals surface area contributed by atoms with Crippen LogP contribution >= 0.6 is 0 Å². The molecule has 0 N–H and O–H groups in total. The van der Waals surface area contributed by atoms with Crippen molar-refractivity contribution in [1.82, 2.24) is 0 Å². The molecule has 0 amide bonds. The molecule has 2 aliphatic heterocycles. The second kappa shape index (κ2) is 13.1. The van der Waals surface area contributed by atoms with E-state index in [0.29, 0.717) is 0 Å². The SMILES string of the molecule is CC1=CC2=C(c3cccc4ccccc34)C=C(C)C2=N1.CC1=CC2=C(c3cccc4ccccc34)C=C(C)C2=N1.[Cl-].[Cl-].[Zr+2]. The van der Waals surface area contributed by atoms with Gasteiger partial charge in [0.05, 0.1) is 11.4 Å². The third-order valence-electron chi connectivity index (χ3n) is 8.00. The summed E-state index contributed by atoms with van der Waals surface area (Å²) in [6, 6.07) is 30.1. The normalized spacial score (nSPS) is 16.0. The minimum atomic E-state index is 0. The van der Waals surface area contributed by atoms with E-state index in [4.69, 9.17) is 0 Å². The van der Waals surface area contributed by atoms with E-state index in [1.54, 1.807) is 0 Å². The summed E-state index contributed by atoms with van der Waals surface area (Å²) in [4.78, 5) is 9.28. The summed E-state index contributed by atoms with van der Waals surface area (Å²) in [6.45, 7) is 8.41. The van der Waals surface area contributed by atoms with Crippen LogP contribution in [-0.2, 0) is 26.2 Å². The average Bonchev–Trinajstić information content (AvgIpc) is 3.70. The van der Waals surface area contributed by atoms with Crippen molar-refractivity contribution in [2.24, 2.45) is 9.98 Å². The summed E-state index contributed by atoms with van der Waals surface area (Å²) < 4.78 is 0. The van der Waals surface area contributed by atoms with E-state index in [2.05, 4.69) is 147 Å². The van der Waals surface area contributed by atoms with Gasteiger partial charge in [0.25, 0.3) is 0 Å². The van der Waals surface area contributed by atoms with Crippen LogP contribution < -0.4 is 24.8 Å². The van der Waals surface area contributed by atoms with Gasteiger partial charge in [-0.1, -0.05) is 84.9 Å². The number of aliphatic imine (C=N–C) groups is 2. The van der Waals surface area contributed by atoms with Gasteiger partial charge in [0.2, 0.25) is 0 Å². The summed E-state index contributed by atoms with van der Waals surface area (Å²) in [5, 5.41) is 5.18. The Morgan fingerprint density at radius 2 is 0.791 bits per heavy atom. The summed E-state index contributed by atoms with van der Waals surface area (Å²) in [5.74, 6) is 0. The molecule has 4 aliphatic rings. The minimum absolute atomic E-state index is 0. The van der Waals surface area contributed by atoms with E-state index in [9.17, 15) is 0 Å². The van der Waals surface area contributed by atoms with E-state index in [1.165, 1.54) is 66.1 Å². The first-order chi connectivity index (χ1) is 19.5. The van der Waals surface area contributed by atoms with Crippen LogP contribution in [0.25, 0.3) is 32.7 Å². The number of benzene rings is 4. The van der Waals surface area contributed by atoms with Crippen molar-refractivity contribution in [2.45, 2.75) is 27.7 Å². The van der Waals surface area contributed by atoms with Crippen molar-refractivity contribution < 1.29 is 51.0 Å². The standard InChI is InChI=1S/2C19H15N.2ClH.Zr/c2*1-12-10-17(18-11-13(2)20-19(12)18)16-9-5-7-14-6-3-4-8-15(14)16;;;/h2*3-11H,1-2H3;2*1H;/q;;;;+2/p-2. The minimum Gasteiger partial charge on any atom is -1.00 e. The summed E-state index contributed by atoms with van der Waals surface area (Å²) >= 11 is 0. The number of hydrogen-bond donors (Lipinski definition) is 0. The van der Waals surface area contributed by atoms with Crippen molar-refractivity contribution in [2.75, 3.05) is 0 Å². The Hall–Kier alpha value is -3.36. The van der Waals surface area contributed by atoms with E-state index in [0.717, 1.165) is 22.8 Å². The van der Waals surface area contributed by atoms with E-state index in [-0.39, 0.29) is 51.0 Å². The number of halogens is 2. The van der Waals surface area contributed by atoms with Crippen LogP contribution in [0.15, 0.2) is 153 Å². The summed E-state index contributed by atoms with van der Waals surface area (Å²) in [7, 11) is 0. The van der Waals surface area contributed by atoms with Crippen LogP contribution in [0.4, 0.5) is 0 Å². The molecule has 0 bridgehead atoms. The Kier molecular flexibility index (Phi) is 9.92. The molecule has 8 rings (SSSR count). The third-order valence-corrected chi connectivity index (χ3v) is 8.00. The molecule has 0 saturated carbocycles. The first kappa shape index (κ1) is 32.6. The van der Waals surface area contributed by atoms with E-state index >= 15 is 0 Å². The van der Waals surface area contributed by atoms with E-state index in [1.807, 2.05) is 0 Å². The predicted octanol–water partition coefficient (Wildman–Crippen LogP) is 3.83. The van der Waals surface area contributed by atoms with Gasteiger partial charge >= 0.3 is 26.2 Å². The Morgan fingerprint density at radius 3 is 1.21 bits per heavy atom. The van der Waals surface area contributed by atoms with Crippen LogP contribution in [0.3, 0.4) is 0 Å². The molecule has 43 heavy (non-hydrogen) atoms. The maximum Gasteiger partial charge on any atom is 2.00 e. The van der Waals surface area contributed by atoms with Gasteiger partial charge in [0, 0.05) is 22.5 Å². The molecule has 0 aromatic heterocycles. The fraction of sp³-hybridized carbons (Fsp3) is 0.105. The molecular formula is C38H30Cl2N2Zr. The molecule has 4 aromatic rings. The fourth-order valence-corrected chi connectivity index (χ4v) is 6.20. The zero-order valence-electron chi connectivity index (χ0n) is 24.5. The van der Waals surface area contributed by atoms with Crippen molar-refractivity contribution in [3.63, 3.8) is 0 Å². The average molecular weight is 677 g/mol. The topological polar surface area (TPSA) is 24.7 Å². The fourth-order valence-electron chi connectivity index (χ4n) is 6.20. The van der Waals surface area contributed by atoms with Gasteiger partial charge in [-0.15, -0.1) is 0 Å². The Labute approximate surface area is 285 Å². The quantitative estimate of drug-likeness (QED) is 0.309. The van der Waals surface area contributed by atoms with E-state index < -0.39 is 0 Å². The maximum atomic E-state index is 4.64. The first-order valence-electron chi connectivity index (χ1n) is 13.8. The Balaban J connectivity index is 0.000000184. The Bertz CT molecular complexity index is 1880. The van der Waals surface area contributed by atoms with Gasteiger partial charge in [0.1, 0.15) is 0 Å². The molecule has 0 saturated heterocycles. The molecule has 0 atom stereocenters. The molecule has 5 heteroatoms. The van der Waals surface area contributed by atoms with Gasteiger partial charge in [-0.25, -0.2) is 0 Å². The molecule has 2 nitrogen and oxygen atoms in total. The van der Waals surface area contributed by atoms with Crippen molar-refractivity contribution in [3.05, 3.63) is 154 Å². The maximum absolute atomic E-state index is 4.64. The predicted molar refractivity (Wildman–Crippen MR) is 172 cm³/mol. The van der Waals surface area contributed by atoms with Crippen molar-refractivity contribution in [3.8, 4) is 0 Å². The van der Waals surface area contributed by atoms with Gasteiger partial charge in [0.15, 0.2) is 0 Å². The Morgan fingerprint density at radius 1 is 0.419 bits per heavy atom. The molecular weight excluding hydrogens is 647 g/mol. The van der Waals surface area contributed by atoms with Gasteiger partial charge < -0.3 is 24.8 Å². The zero-order chi connectivity index (χ0) is 27.4. The van der Waals surface area contributed by atoms with Crippen LogP contribution in [0.2, 0.25) is 0 Å². The molecule has 210 valence electrons. The summed E-state index contributed by atoms with van der Waals surface area (Å²) in [5.41, 5.74) is 14.8. The molecule has 0 fully saturated rings. The molecule has 2 heterocycles. The van der Waals surface area contributed by atoms with Crippen LogP contribution in [0.1, 0.15) is 38.8 Å². The van der Waals surface area contributed by atoms with Crippen LogP contribution in [0, 0.1) is 0 Å². The molecule has 2 aliphatic carbocycles. The second-order valence-electron chi connectivity index (χ2n) is 10.9. The first-order valence-corrected chi connectivity index (χ1v) is 13.8. The second-order valence-corrected chi connectivity index (χ2v) is 10.9. The van der Waals surface area contributed by atoms with Crippen LogP contribution in [0.5, 0.6) is 0 Å². The van der Waals surface area contributed by atoms with Crippen molar-refractivity contribution in [1.29, 1.82) is 0 Å². The monoisotopic (exact) mass is 674 g/mol. The zero-order valence-corrected chi connectivity index (χ0v) is 28.5. The van der Waals surface area contributed by atoms with Gasteiger partial charge in [-0.2, -0.15) is 0 Å². The molecule has 4 aromatic carbocycles. The largest absolute Gasteiger partial charge is 2.00 e. The molecule has 0 unspecified atom stereocenters. The smallest absolute Gasteiger partial charge is 1.00 e. The number of hydrogen-bond acceptors (Lipinski definition) is 2. The number of nitrogens with zero attached hydrogens (tertiary/aromatic N) is 2. The number of fused-ring (bicyclic) bond motifs is 4.